The first-order valence-corrected chi connectivity index (χ1v) is 17.2. The van der Waals surface area contributed by atoms with Gasteiger partial charge < -0.3 is 29.7 Å². The van der Waals surface area contributed by atoms with E-state index in [1.54, 1.807) is 65.6 Å². The van der Waals surface area contributed by atoms with E-state index in [4.69, 9.17) is 21.1 Å². The second kappa shape index (κ2) is 13.9. The van der Waals surface area contributed by atoms with Gasteiger partial charge in [0.1, 0.15) is 18.2 Å². The summed E-state index contributed by atoms with van der Waals surface area (Å²) in [5, 5.41) is 14.3. The molecule has 0 aliphatic carbocycles. The van der Waals surface area contributed by atoms with Crippen LogP contribution in [0, 0.1) is 18.8 Å². The number of carbonyl (C=O) groups excluding carboxylic acids is 4. The molecule has 2 saturated heterocycles. The van der Waals surface area contributed by atoms with Gasteiger partial charge in [0.25, 0.3) is 5.91 Å². The first kappa shape index (κ1) is 33.7. The number of halogens is 1. The summed E-state index contributed by atoms with van der Waals surface area (Å²) in [5.74, 6) is -4.01. The quantitative estimate of drug-likeness (QED) is 0.295. The number of cyclic esters (lactones) is 1. The SMILES string of the molecule is Cc1cccc(Cl)c1N1CC=C[C@]23O[C@@H]4/C=C\CCC(=O)OC[C@@H](c5ccccc5)NC(=O)[C@@H]4[C@H]2C(=O)N([C@H](CO)c2ccccc2)[C@@H]3C1=O. The number of fused-ring (bicyclic) bond motifs is 2. The van der Waals surface area contributed by atoms with E-state index in [-0.39, 0.29) is 19.6 Å². The van der Waals surface area contributed by atoms with Crippen molar-refractivity contribution in [3.63, 3.8) is 0 Å². The third-order valence-corrected chi connectivity index (χ3v) is 10.5. The fourth-order valence-electron chi connectivity index (χ4n) is 7.91. The van der Waals surface area contributed by atoms with E-state index in [0.29, 0.717) is 22.7 Å². The molecule has 4 aliphatic rings. The number of nitrogens with zero attached hydrogens (tertiary/aromatic N) is 2. The Morgan fingerprint density at radius 2 is 1.70 bits per heavy atom. The number of hydrogen-bond acceptors (Lipinski definition) is 7. The second-order valence-corrected chi connectivity index (χ2v) is 13.5. The molecule has 3 aromatic carbocycles. The molecular weight excluding hydrogens is 658 g/mol. The maximum atomic E-state index is 15.1. The van der Waals surface area contributed by atoms with E-state index in [1.165, 1.54) is 4.90 Å². The molecule has 0 unspecified atom stereocenters. The number of rotatable bonds is 5. The van der Waals surface area contributed by atoms with Crippen molar-refractivity contribution >= 4 is 41.0 Å². The lowest BCUT2D eigenvalue weighted by molar-refractivity contribution is -0.146. The third kappa shape index (κ3) is 5.81. The molecule has 3 aromatic rings. The van der Waals surface area contributed by atoms with Crippen LogP contribution >= 0.6 is 11.6 Å². The lowest BCUT2D eigenvalue weighted by atomic mass is 9.77. The van der Waals surface area contributed by atoms with Crippen LogP contribution < -0.4 is 10.2 Å². The smallest absolute Gasteiger partial charge is 0.306 e. The van der Waals surface area contributed by atoms with Crippen LogP contribution in [-0.4, -0.2) is 71.2 Å². The normalized spacial score (nSPS) is 29.5. The molecule has 0 bridgehead atoms. The summed E-state index contributed by atoms with van der Waals surface area (Å²) >= 11 is 6.71. The number of ether oxygens (including phenoxy) is 2. The summed E-state index contributed by atoms with van der Waals surface area (Å²) in [6, 6.07) is 20.7. The fourth-order valence-corrected chi connectivity index (χ4v) is 8.23. The Morgan fingerprint density at radius 3 is 2.42 bits per heavy atom. The molecular formula is C39H38ClN3O7. The van der Waals surface area contributed by atoms with Gasteiger partial charge in [-0.15, -0.1) is 0 Å². The zero-order valence-corrected chi connectivity index (χ0v) is 28.2. The van der Waals surface area contributed by atoms with E-state index in [1.807, 2.05) is 49.4 Å². The van der Waals surface area contributed by atoms with Gasteiger partial charge in [0.05, 0.1) is 47.3 Å². The molecule has 3 amide bonds. The predicted molar refractivity (Wildman–Crippen MR) is 186 cm³/mol. The average molecular weight is 696 g/mol. The van der Waals surface area contributed by atoms with E-state index in [0.717, 1.165) is 11.1 Å². The Morgan fingerprint density at radius 1 is 0.960 bits per heavy atom. The molecule has 2 N–H and O–H groups in total. The molecule has 7 atom stereocenters. The summed E-state index contributed by atoms with van der Waals surface area (Å²) in [4.78, 5) is 60.2. The Labute approximate surface area is 295 Å². The molecule has 1 spiro atoms. The lowest BCUT2D eigenvalue weighted by Crippen LogP contribution is -2.56. The molecule has 0 aromatic heterocycles. The van der Waals surface area contributed by atoms with Crippen molar-refractivity contribution in [2.24, 2.45) is 11.8 Å². The number of anilines is 1. The molecule has 0 radical (unpaired) electrons. The standard InChI is InChI=1S/C39H38ClN3O7/c1-24-12-10-17-27(40)34(24)42-21-11-20-39-33(37(47)43(35(39)38(42)48)29(22-44)26-15-6-3-7-16-26)32-30(50-39)18-8-9-19-31(45)49-23-28(41-36(32)46)25-13-4-2-5-14-25/h2-8,10-18,20,28-30,32-33,35,44H,9,19,21-23H2,1H3,(H,41,46)/b18-8-/t28-,29+,30+,32-,33-,35+,39-/m0/s1. The lowest BCUT2D eigenvalue weighted by Gasteiger charge is -2.39. The summed E-state index contributed by atoms with van der Waals surface area (Å²) in [7, 11) is 0. The molecule has 4 aliphatic heterocycles. The van der Waals surface area contributed by atoms with Gasteiger partial charge >= 0.3 is 5.97 Å². The maximum Gasteiger partial charge on any atom is 0.306 e. The number of nitrogens with one attached hydrogen (secondary N) is 1. The van der Waals surface area contributed by atoms with Gasteiger partial charge in [0.2, 0.25) is 11.8 Å². The minimum Gasteiger partial charge on any atom is -0.463 e. The van der Waals surface area contributed by atoms with Crippen molar-refractivity contribution in [3.05, 3.63) is 125 Å². The molecule has 2 fully saturated rings. The van der Waals surface area contributed by atoms with Crippen LogP contribution in [0.25, 0.3) is 0 Å². The van der Waals surface area contributed by atoms with Crippen LogP contribution in [0.4, 0.5) is 5.69 Å². The van der Waals surface area contributed by atoms with Crippen LogP contribution in [0.1, 0.15) is 41.6 Å². The summed E-state index contributed by atoms with van der Waals surface area (Å²) in [6.07, 6.45) is 6.53. The molecule has 258 valence electrons. The van der Waals surface area contributed by atoms with Crippen molar-refractivity contribution in [3.8, 4) is 0 Å². The van der Waals surface area contributed by atoms with Crippen LogP contribution in [0.2, 0.25) is 5.02 Å². The number of esters is 1. The molecule has 50 heavy (non-hydrogen) atoms. The number of likely N-dealkylation sites (tertiary alicyclic amines) is 1. The van der Waals surface area contributed by atoms with Crippen molar-refractivity contribution < 1.29 is 33.8 Å². The number of aliphatic hydroxyl groups is 1. The van der Waals surface area contributed by atoms with Crippen LogP contribution in [0.5, 0.6) is 0 Å². The summed E-state index contributed by atoms with van der Waals surface area (Å²) in [6.45, 7) is 1.43. The average Bonchev–Trinajstić information content (AvgIpc) is 3.51. The Hall–Kier alpha value is -4.77. The zero-order chi connectivity index (χ0) is 35.0. The number of para-hydroxylation sites is 1. The minimum atomic E-state index is -1.58. The highest BCUT2D eigenvalue weighted by Gasteiger charge is 2.72. The van der Waals surface area contributed by atoms with Gasteiger partial charge in [-0.2, -0.15) is 0 Å². The van der Waals surface area contributed by atoms with Crippen molar-refractivity contribution in [2.45, 2.75) is 49.6 Å². The maximum absolute atomic E-state index is 15.1. The second-order valence-electron chi connectivity index (χ2n) is 13.1. The summed E-state index contributed by atoms with van der Waals surface area (Å²) in [5.41, 5.74) is 1.05. The Bertz CT molecular complexity index is 1830. The van der Waals surface area contributed by atoms with Crippen LogP contribution in [0.15, 0.2) is 103 Å². The van der Waals surface area contributed by atoms with E-state index in [9.17, 15) is 14.7 Å². The number of amides is 3. The number of allylic oxidation sites excluding steroid dienone is 1. The molecule has 0 saturated carbocycles. The van der Waals surface area contributed by atoms with E-state index in [2.05, 4.69) is 5.32 Å². The van der Waals surface area contributed by atoms with Crippen molar-refractivity contribution in [1.29, 1.82) is 0 Å². The van der Waals surface area contributed by atoms with Gasteiger partial charge in [0.15, 0.2) is 0 Å². The first-order chi connectivity index (χ1) is 24.2. The fraction of sp³-hybridized carbons (Fsp3) is 0.333. The van der Waals surface area contributed by atoms with Crippen LogP contribution in [0.3, 0.4) is 0 Å². The predicted octanol–water partition coefficient (Wildman–Crippen LogP) is 4.62. The number of hydrogen-bond donors (Lipinski definition) is 2. The van der Waals surface area contributed by atoms with Crippen LogP contribution in [-0.2, 0) is 28.7 Å². The van der Waals surface area contributed by atoms with Crippen molar-refractivity contribution in [1.82, 2.24) is 10.2 Å². The Balaban J connectivity index is 1.37. The van der Waals surface area contributed by atoms with Crippen molar-refractivity contribution in [2.75, 3.05) is 24.7 Å². The number of aliphatic hydroxyl groups excluding tert-OH is 1. The highest BCUT2D eigenvalue weighted by molar-refractivity contribution is 6.34. The largest absolute Gasteiger partial charge is 0.463 e. The van der Waals surface area contributed by atoms with E-state index >= 15 is 9.59 Å². The first-order valence-electron chi connectivity index (χ1n) is 16.8. The molecule has 4 heterocycles. The number of carbonyl (C=O) groups is 4. The Kier molecular flexibility index (Phi) is 9.34. The topological polar surface area (TPSA) is 125 Å². The summed E-state index contributed by atoms with van der Waals surface area (Å²) < 4.78 is 12.4. The molecule has 11 heteroatoms. The van der Waals surface area contributed by atoms with Gasteiger partial charge in [-0.25, -0.2) is 0 Å². The van der Waals surface area contributed by atoms with Gasteiger partial charge in [0, 0.05) is 13.0 Å². The number of benzene rings is 3. The minimum absolute atomic E-state index is 0.0970. The number of aryl methyl sites for hydroxylation is 1. The highest BCUT2D eigenvalue weighted by Crippen LogP contribution is 2.55. The molecule has 7 rings (SSSR count). The monoisotopic (exact) mass is 695 g/mol. The van der Waals surface area contributed by atoms with E-state index < -0.39 is 72.0 Å². The third-order valence-electron chi connectivity index (χ3n) is 10.2. The van der Waals surface area contributed by atoms with Gasteiger partial charge in [-0.05, 0) is 36.1 Å². The highest BCUT2D eigenvalue weighted by atomic mass is 35.5. The molecule has 10 nitrogen and oxygen atoms in total. The van der Waals surface area contributed by atoms with Gasteiger partial charge in [-0.1, -0.05) is 109 Å². The zero-order valence-electron chi connectivity index (χ0n) is 27.5. The van der Waals surface area contributed by atoms with Gasteiger partial charge in [-0.3, -0.25) is 19.2 Å².